The molecule has 1 unspecified atom stereocenters. The zero-order valence-corrected chi connectivity index (χ0v) is 12.3. The van der Waals surface area contributed by atoms with Gasteiger partial charge in [-0.1, -0.05) is 30.3 Å². The molecule has 4 heteroatoms. The quantitative estimate of drug-likeness (QED) is 0.462. The fraction of sp³-hybridized carbons (Fsp3) is 0.600. The van der Waals surface area contributed by atoms with Gasteiger partial charge >= 0.3 is 0 Å². The minimum absolute atomic E-state index is 0.359. The van der Waals surface area contributed by atoms with Crippen LogP contribution in [0.1, 0.15) is 17.9 Å². The summed E-state index contributed by atoms with van der Waals surface area (Å²) < 4.78 is 15.7. The van der Waals surface area contributed by atoms with Crippen LogP contribution in [-0.4, -0.2) is 46.0 Å². The zero-order chi connectivity index (χ0) is 13.8. The van der Waals surface area contributed by atoms with Gasteiger partial charge in [-0.25, -0.2) is 0 Å². The van der Waals surface area contributed by atoms with Crippen LogP contribution in [0, 0.1) is 0 Å². The van der Waals surface area contributed by atoms with Crippen molar-refractivity contribution in [2.75, 3.05) is 46.0 Å². The van der Waals surface area contributed by atoms with Crippen LogP contribution < -0.4 is 0 Å². The number of methoxy groups -OCH3 is 1. The second-order valence-electron chi connectivity index (χ2n) is 4.27. The van der Waals surface area contributed by atoms with Gasteiger partial charge in [-0.3, -0.25) is 0 Å². The van der Waals surface area contributed by atoms with Crippen LogP contribution in [0.25, 0.3) is 0 Å². The third-order valence-corrected chi connectivity index (χ3v) is 3.24. The van der Waals surface area contributed by atoms with Crippen LogP contribution in [0.5, 0.6) is 0 Å². The van der Waals surface area contributed by atoms with Crippen molar-refractivity contribution in [2.24, 2.45) is 0 Å². The summed E-state index contributed by atoms with van der Waals surface area (Å²) in [7, 11) is 1.66. The molecule has 108 valence electrons. The van der Waals surface area contributed by atoms with Crippen molar-refractivity contribution in [3.8, 4) is 0 Å². The Labute approximate surface area is 120 Å². The minimum Gasteiger partial charge on any atom is -0.382 e. The molecule has 0 heterocycles. The highest BCUT2D eigenvalue weighted by molar-refractivity contribution is 6.18. The summed E-state index contributed by atoms with van der Waals surface area (Å²) in [6.07, 6.45) is 0.936. The molecule has 0 saturated heterocycles. The first-order valence-electron chi connectivity index (χ1n) is 6.63. The van der Waals surface area contributed by atoms with E-state index < -0.39 is 0 Å². The molecular weight excluding hydrogens is 264 g/mol. The monoisotopic (exact) mass is 286 g/mol. The van der Waals surface area contributed by atoms with Gasteiger partial charge in [0.25, 0.3) is 0 Å². The maximum absolute atomic E-state index is 6.01. The summed E-state index contributed by atoms with van der Waals surface area (Å²) >= 11 is 6.01. The van der Waals surface area contributed by atoms with Crippen molar-refractivity contribution in [1.82, 2.24) is 0 Å². The number of benzene rings is 1. The normalized spacial score (nSPS) is 12.5. The van der Waals surface area contributed by atoms with Gasteiger partial charge in [0, 0.05) is 19.6 Å². The van der Waals surface area contributed by atoms with Gasteiger partial charge in [0.1, 0.15) is 0 Å². The Kier molecular flexibility index (Phi) is 9.72. The lowest BCUT2D eigenvalue weighted by Gasteiger charge is -2.14. The van der Waals surface area contributed by atoms with Crippen molar-refractivity contribution in [1.29, 1.82) is 0 Å². The lowest BCUT2D eigenvalue weighted by Crippen LogP contribution is -2.11. The molecule has 19 heavy (non-hydrogen) atoms. The predicted molar refractivity (Wildman–Crippen MR) is 78.0 cm³/mol. The molecule has 3 nitrogen and oxygen atoms in total. The van der Waals surface area contributed by atoms with E-state index in [0.717, 1.165) is 6.42 Å². The fourth-order valence-electron chi connectivity index (χ4n) is 1.75. The molecule has 1 rings (SSSR count). The van der Waals surface area contributed by atoms with Gasteiger partial charge < -0.3 is 14.2 Å². The van der Waals surface area contributed by atoms with E-state index in [4.69, 9.17) is 25.8 Å². The summed E-state index contributed by atoms with van der Waals surface area (Å²) in [4.78, 5) is 0. The van der Waals surface area contributed by atoms with Gasteiger partial charge in [-0.05, 0) is 17.9 Å². The van der Waals surface area contributed by atoms with E-state index in [-0.39, 0.29) is 0 Å². The van der Waals surface area contributed by atoms with Crippen LogP contribution in [-0.2, 0) is 14.2 Å². The van der Waals surface area contributed by atoms with Crippen molar-refractivity contribution in [3.63, 3.8) is 0 Å². The standard InChI is InChI=1S/C15H23ClO3/c1-17-9-10-19-12-11-18-8-7-15(13-16)14-5-3-2-4-6-14/h2-6,15H,7-13H2,1H3. The van der Waals surface area contributed by atoms with E-state index in [2.05, 4.69) is 12.1 Å². The molecule has 0 aliphatic heterocycles. The van der Waals surface area contributed by atoms with E-state index in [1.165, 1.54) is 5.56 Å². The predicted octanol–water partition coefficient (Wildman–Crippen LogP) is 3.08. The molecule has 0 aliphatic carbocycles. The van der Waals surface area contributed by atoms with Crippen LogP contribution >= 0.6 is 11.6 Å². The van der Waals surface area contributed by atoms with E-state index in [1.54, 1.807) is 7.11 Å². The number of rotatable bonds is 11. The fourth-order valence-corrected chi connectivity index (χ4v) is 2.08. The van der Waals surface area contributed by atoms with Crippen molar-refractivity contribution in [2.45, 2.75) is 12.3 Å². The van der Waals surface area contributed by atoms with Crippen molar-refractivity contribution >= 4 is 11.6 Å². The first kappa shape index (κ1) is 16.4. The third-order valence-electron chi connectivity index (χ3n) is 2.87. The molecule has 0 bridgehead atoms. The average molecular weight is 287 g/mol. The number of halogens is 1. The highest BCUT2D eigenvalue weighted by Crippen LogP contribution is 2.20. The van der Waals surface area contributed by atoms with Gasteiger partial charge in [0.2, 0.25) is 0 Å². The number of ether oxygens (including phenoxy) is 3. The Balaban J connectivity index is 2.07. The molecule has 1 aromatic rings. The first-order chi connectivity index (χ1) is 9.38. The van der Waals surface area contributed by atoms with Gasteiger partial charge in [-0.2, -0.15) is 0 Å². The Morgan fingerprint density at radius 1 is 0.947 bits per heavy atom. The Hall–Kier alpha value is -0.610. The second kappa shape index (κ2) is 11.2. The van der Waals surface area contributed by atoms with E-state index in [1.807, 2.05) is 18.2 Å². The van der Waals surface area contributed by atoms with Crippen molar-refractivity contribution in [3.05, 3.63) is 35.9 Å². The summed E-state index contributed by atoms with van der Waals surface area (Å²) in [5.41, 5.74) is 1.28. The molecule has 0 radical (unpaired) electrons. The number of hydrogen-bond acceptors (Lipinski definition) is 3. The Morgan fingerprint density at radius 2 is 1.58 bits per heavy atom. The van der Waals surface area contributed by atoms with Gasteiger partial charge in [0.15, 0.2) is 0 Å². The zero-order valence-electron chi connectivity index (χ0n) is 11.5. The smallest absolute Gasteiger partial charge is 0.0701 e. The average Bonchev–Trinajstić information content (AvgIpc) is 2.47. The maximum Gasteiger partial charge on any atom is 0.0701 e. The van der Waals surface area contributed by atoms with Gasteiger partial charge in [-0.15, -0.1) is 11.6 Å². The molecule has 0 amide bonds. The lowest BCUT2D eigenvalue weighted by molar-refractivity contribution is 0.0235. The Bertz CT molecular complexity index is 306. The van der Waals surface area contributed by atoms with E-state index in [9.17, 15) is 0 Å². The highest BCUT2D eigenvalue weighted by atomic mass is 35.5. The number of hydrogen-bond donors (Lipinski definition) is 0. The molecule has 0 N–H and O–H groups in total. The minimum atomic E-state index is 0.359. The molecule has 0 spiro atoms. The summed E-state index contributed by atoms with van der Waals surface area (Å²) in [5, 5.41) is 0. The molecular formula is C15H23ClO3. The molecule has 0 saturated carbocycles. The summed E-state index contributed by atoms with van der Waals surface area (Å²) in [5.74, 6) is 0.981. The topological polar surface area (TPSA) is 27.7 Å². The highest BCUT2D eigenvalue weighted by Gasteiger charge is 2.09. The first-order valence-corrected chi connectivity index (χ1v) is 7.17. The largest absolute Gasteiger partial charge is 0.382 e. The molecule has 1 aromatic carbocycles. The SMILES string of the molecule is COCCOCCOCCC(CCl)c1ccccc1. The molecule has 0 aromatic heterocycles. The van der Waals surface area contributed by atoms with Crippen LogP contribution in [0.2, 0.25) is 0 Å². The second-order valence-corrected chi connectivity index (χ2v) is 4.58. The molecule has 1 atom stereocenters. The third kappa shape index (κ3) is 7.53. The van der Waals surface area contributed by atoms with E-state index >= 15 is 0 Å². The van der Waals surface area contributed by atoms with Crippen LogP contribution in [0.4, 0.5) is 0 Å². The van der Waals surface area contributed by atoms with E-state index in [0.29, 0.717) is 44.8 Å². The van der Waals surface area contributed by atoms with Crippen LogP contribution in [0.3, 0.4) is 0 Å². The maximum atomic E-state index is 6.01. The van der Waals surface area contributed by atoms with Crippen LogP contribution in [0.15, 0.2) is 30.3 Å². The Morgan fingerprint density at radius 3 is 2.21 bits per heavy atom. The number of alkyl halides is 1. The molecule has 0 aliphatic rings. The van der Waals surface area contributed by atoms with Gasteiger partial charge in [0.05, 0.1) is 26.4 Å². The summed E-state index contributed by atoms with van der Waals surface area (Å²) in [6.45, 7) is 3.18. The van der Waals surface area contributed by atoms with Crippen molar-refractivity contribution < 1.29 is 14.2 Å². The lowest BCUT2D eigenvalue weighted by atomic mass is 9.98. The summed E-state index contributed by atoms with van der Waals surface area (Å²) in [6, 6.07) is 10.3. The molecule has 0 fully saturated rings.